The van der Waals surface area contributed by atoms with Crippen LogP contribution in [-0.2, 0) is 26.2 Å². The van der Waals surface area contributed by atoms with Gasteiger partial charge in [-0.15, -0.1) is 0 Å². The monoisotopic (exact) mass is 462 g/mol. The van der Waals surface area contributed by atoms with Crippen molar-refractivity contribution in [1.82, 2.24) is 9.62 Å². The molecule has 2 unspecified atom stereocenters. The van der Waals surface area contributed by atoms with Crippen molar-refractivity contribution >= 4 is 22.1 Å². The second kappa shape index (κ2) is 10.5. The molecule has 0 spiro atoms. The predicted molar refractivity (Wildman–Crippen MR) is 116 cm³/mol. The SMILES string of the molecule is COc1ccc(S(=O)(=O)N2CCCCC(NC(=O)OCc3ccccc3)C2C(=O)O)cc1. The van der Waals surface area contributed by atoms with Crippen LogP contribution in [0.15, 0.2) is 59.5 Å². The first kappa shape index (κ1) is 23.6. The summed E-state index contributed by atoms with van der Waals surface area (Å²) < 4.78 is 37.8. The molecule has 2 aromatic rings. The number of hydrogen-bond donors (Lipinski definition) is 2. The highest BCUT2D eigenvalue weighted by atomic mass is 32.2. The van der Waals surface area contributed by atoms with Crippen LogP contribution in [0.4, 0.5) is 4.79 Å². The Kier molecular flexibility index (Phi) is 7.70. The maximum atomic E-state index is 13.3. The third kappa shape index (κ3) is 5.57. The molecular weight excluding hydrogens is 436 g/mol. The Morgan fingerprint density at radius 3 is 2.41 bits per heavy atom. The van der Waals surface area contributed by atoms with Gasteiger partial charge in [0.2, 0.25) is 10.0 Å². The van der Waals surface area contributed by atoms with Crippen molar-refractivity contribution in [3.63, 3.8) is 0 Å². The summed E-state index contributed by atoms with van der Waals surface area (Å²) in [6, 6.07) is 12.4. The van der Waals surface area contributed by atoms with E-state index in [1.54, 1.807) is 12.1 Å². The third-order valence-electron chi connectivity index (χ3n) is 5.27. The lowest BCUT2D eigenvalue weighted by atomic mass is 10.0. The zero-order valence-corrected chi connectivity index (χ0v) is 18.5. The van der Waals surface area contributed by atoms with Crippen LogP contribution >= 0.6 is 0 Å². The fourth-order valence-corrected chi connectivity index (χ4v) is 5.30. The molecule has 0 aliphatic carbocycles. The summed E-state index contributed by atoms with van der Waals surface area (Å²) in [4.78, 5) is 24.5. The fraction of sp³-hybridized carbons (Fsp3) is 0.364. The van der Waals surface area contributed by atoms with Crippen molar-refractivity contribution in [2.24, 2.45) is 0 Å². The molecule has 2 N–H and O–H groups in total. The van der Waals surface area contributed by atoms with Crippen molar-refractivity contribution in [3.8, 4) is 5.75 Å². The first-order chi connectivity index (χ1) is 15.3. The maximum absolute atomic E-state index is 13.3. The Morgan fingerprint density at radius 2 is 1.78 bits per heavy atom. The highest BCUT2D eigenvalue weighted by Gasteiger charge is 2.43. The molecule has 1 saturated heterocycles. The van der Waals surface area contributed by atoms with Crippen LogP contribution in [0.25, 0.3) is 0 Å². The van der Waals surface area contributed by atoms with Crippen molar-refractivity contribution in [2.75, 3.05) is 13.7 Å². The first-order valence-electron chi connectivity index (χ1n) is 10.2. The van der Waals surface area contributed by atoms with E-state index in [1.807, 2.05) is 18.2 Å². The van der Waals surface area contributed by atoms with E-state index in [4.69, 9.17) is 9.47 Å². The van der Waals surface area contributed by atoms with E-state index in [0.717, 1.165) is 9.87 Å². The number of sulfonamides is 1. The number of hydrogen-bond acceptors (Lipinski definition) is 6. The van der Waals surface area contributed by atoms with Crippen LogP contribution in [0, 0.1) is 0 Å². The van der Waals surface area contributed by atoms with Crippen molar-refractivity contribution in [1.29, 1.82) is 0 Å². The van der Waals surface area contributed by atoms with Gasteiger partial charge in [0.1, 0.15) is 18.4 Å². The molecule has 2 aromatic carbocycles. The predicted octanol–water partition coefficient (Wildman–Crippen LogP) is 2.62. The van der Waals surface area contributed by atoms with E-state index < -0.39 is 34.2 Å². The summed E-state index contributed by atoms with van der Waals surface area (Å²) in [5, 5.41) is 12.5. The van der Waals surface area contributed by atoms with Gasteiger partial charge in [0.05, 0.1) is 18.0 Å². The van der Waals surface area contributed by atoms with Gasteiger partial charge in [0, 0.05) is 6.54 Å². The van der Waals surface area contributed by atoms with Crippen LogP contribution in [0.5, 0.6) is 5.75 Å². The van der Waals surface area contributed by atoms with Crippen LogP contribution in [0.1, 0.15) is 24.8 Å². The van der Waals surface area contributed by atoms with Gasteiger partial charge in [-0.3, -0.25) is 4.79 Å². The fourth-order valence-electron chi connectivity index (χ4n) is 3.64. The third-order valence-corrected chi connectivity index (χ3v) is 7.17. The second-order valence-corrected chi connectivity index (χ2v) is 9.27. The molecular formula is C22H26N2O7S. The van der Waals surface area contributed by atoms with E-state index in [0.29, 0.717) is 25.0 Å². The number of aliphatic carboxylic acids is 1. The van der Waals surface area contributed by atoms with E-state index in [1.165, 1.54) is 31.4 Å². The van der Waals surface area contributed by atoms with E-state index in [9.17, 15) is 23.1 Å². The minimum absolute atomic E-state index is 0.0188. The van der Waals surface area contributed by atoms with Gasteiger partial charge in [0.15, 0.2) is 0 Å². The Morgan fingerprint density at radius 1 is 1.09 bits per heavy atom. The average Bonchev–Trinajstić information content (AvgIpc) is 3.01. The van der Waals surface area contributed by atoms with Crippen LogP contribution in [-0.4, -0.2) is 55.6 Å². The summed E-state index contributed by atoms with van der Waals surface area (Å²) >= 11 is 0. The van der Waals surface area contributed by atoms with E-state index in [-0.39, 0.29) is 18.0 Å². The highest BCUT2D eigenvalue weighted by molar-refractivity contribution is 7.89. The molecule has 1 fully saturated rings. The Labute approximate surface area is 187 Å². The van der Waals surface area contributed by atoms with Crippen molar-refractivity contribution < 1.29 is 32.6 Å². The van der Waals surface area contributed by atoms with Gasteiger partial charge >= 0.3 is 12.1 Å². The molecule has 0 radical (unpaired) electrons. The van der Waals surface area contributed by atoms with Gasteiger partial charge in [-0.05, 0) is 42.7 Å². The summed E-state index contributed by atoms with van der Waals surface area (Å²) in [6.07, 6.45) is 0.540. The number of nitrogens with zero attached hydrogens (tertiary/aromatic N) is 1. The highest BCUT2D eigenvalue weighted by Crippen LogP contribution is 2.27. The number of rotatable bonds is 7. The van der Waals surface area contributed by atoms with Gasteiger partial charge in [0.25, 0.3) is 0 Å². The zero-order chi connectivity index (χ0) is 23.1. The van der Waals surface area contributed by atoms with Crippen LogP contribution in [0.3, 0.4) is 0 Å². The maximum Gasteiger partial charge on any atom is 0.407 e. The smallest absolute Gasteiger partial charge is 0.407 e. The molecule has 0 saturated carbocycles. The molecule has 0 aromatic heterocycles. The Bertz CT molecular complexity index is 1030. The summed E-state index contributed by atoms with van der Waals surface area (Å²) in [6.45, 7) is 0.0492. The van der Waals surface area contributed by atoms with Crippen molar-refractivity contribution in [3.05, 3.63) is 60.2 Å². The molecule has 2 atom stereocenters. The molecule has 9 nitrogen and oxygen atoms in total. The number of carboxylic acid groups (broad SMARTS) is 1. The normalized spacial score (nSPS) is 19.5. The standard InChI is InChI=1S/C22H26N2O7S/c1-30-17-10-12-18(13-11-17)32(28,29)24-14-6-5-9-19(20(24)21(25)26)23-22(27)31-15-16-7-3-2-4-8-16/h2-4,7-8,10-13,19-20H,5-6,9,14-15H2,1H3,(H,23,27)(H,25,26). The molecule has 0 bridgehead atoms. The molecule has 172 valence electrons. The van der Waals surface area contributed by atoms with E-state index >= 15 is 0 Å². The number of alkyl carbamates (subject to hydrolysis) is 1. The first-order valence-corrected chi connectivity index (χ1v) is 11.6. The Hall–Kier alpha value is -3.11. The van der Waals surface area contributed by atoms with Crippen LogP contribution < -0.4 is 10.1 Å². The van der Waals surface area contributed by atoms with Crippen LogP contribution in [0.2, 0.25) is 0 Å². The Balaban J connectivity index is 1.79. The molecule has 1 aliphatic rings. The topological polar surface area (TPSA) is 122 Å². The summed E-state index contributed by atoms with van der Waals surface area (Å²) in [7, 11) is -2.66. The molecule has 3 rings (SSSR count). The molecule has 10 heteroatoms. The van der Waals surface area contributed by atoms with Gasteiger partial charge in [-0.1, -0.05) is 36.8 Å². The summed E-state index contributed by atoms with van der Waals surface area (Å²) in [5.41, 5.74) is 0.780. The van der Waals surface area contributed by atoms with Crippen molar-refractivity contribution in [2.45, 2.75) is 42.8 Å². The van der Waals surface area contributed by atoms with Gasteiger partial charge in [-0.2, -0.15) is 4.31 Å². The molecule has 1 aliphatic heterocycles. The molecule has 1 amide bonds. The average molecular weight is 463 g/mol. The number of carboxylic acids is 1. The number of carbonyl (C=O) groups excluding carboxylic acids is 1. The van der Waals surface area contributed by atoms with Gasteiger partial charge in [-0.25, -0.2) is 13.2 Å². The molecule has 1 heterocycles. The molecule has 32 heavy (non-hydrogen) atoms. The zero-order valence-electron chi connectivity index (χ0n) is 17.6. The number of ether oxygens (including phenoxy) is 2. The quantitative estimate of drug-likeness (QED) is 0.648. The number of carbonyl (C=O) groups is 2. The minimum atomic E-state index is -4.12. The number of methoxy groups -OCH3 is 1. The second-order valence-electron chi connectivity index (χ2n) is 7.38. The minimum Gasteiger partial charge on any atom is -0.497 e. The lowest BCUT2D eigenvalue weighted by Crippen LogP contribution is -2.56. The lowest BCUT2D eigenvalue weighted by Gasteiger charge is -2.31. The summed E-state index contributed by atoms with van der Waals surface area (Å²) in [5.74, 6) is -0.854. The largest absolute Gasteiger partial charge is 0.497 e. The number of nitrogens with one attached hydrogen (secondary N) is 1. The number of amides is 1. The lowest BCUT2D eigenvalue weighted by molar-refractivity contribution is -0.142. The van der Waals surface area contributed by atoms with E-state index in [2.05, 4.69) is 5.32 Å². The van der Waals surface area contributed by atoms with Gasteiger partial charge < -0.3 is 19.9 Å². The number of benzene rings is 2.